The van der Waals surface area contributed by atoms with Gasteiger partial charge in [-0.15, -0.1) is 0 Å². The van der Waals surface area contributed by atoms with Crippen LogP contribution in [0.15, 0.2) is 34.9 Å². The first-order chi connectivity index (χ1) is 8.70. The minimum absolute atomic E-state index is 0. The van der Waals surface area contributed by atoms with Crippen LogP contribution >= 0.6 is 0 Å². The number of quaternary nitrogens is 1. The molecule has 0 fully saturated rings. The maximum Gasteiger partial charge on any atom is 0.0970 e. The van der Waals surface area contributed by atoms with E-state index in [9.17, 15) is 0 Å². The quantitative estimate of drug-likeness (QED) is 0.392. The zero-order chi connectivity index (χ0) is 14.9. The van der Waals surface area contributed by atoms with Crippen molar-refractivity contribution >= 4 is 0 Å². The Morgan fingerprint density at radius 3 is 1.65 bits per heavy atom. The molecule has 0 atom stereocenters. The molecule has 0 radical (unpaired) electrons. The van der Waals surface area contributed by atoms with Crippen LogP contribution in [0.25, 0.3) is 0 Å². The van der Waals surface area contributed by atoms with E-state index < -0.39 is 0 Å². The molecule has 0 bridgehead atoms. The Morgan fingerprint density at radius 1 is 0.750 bits per heavy atom. The minimum Gasteiger partial charge on any atom is -0.328 e. The van der Waals surface area contributed by atoms with Gasteiger partial charge in [0.05, 0.1) is 27.7 Å². The predicted octanol–water partition coefficient (Wildman–Crippen LogP) is 5.75. The summed E-state index contributed by atoms with van der Waals surface area (Å²) in [6.07, 6.45) is 11.9. The van der Waals surface area contributed by atoms with E-state index in [4.69, 9.17) is 0 Å². The minimum atomic E-state index is 0. The summed E-state index contributed by atoms with van der Waals surface area (Å²) < 4.78 is 1.01. The molecule has 0 saturated heterocycles. The largest absolute Gasteiger partial charge is 0.328 e. The van der Waals surface area contributed by atoms with Crippen LogP contribution in [-0.4, -0.2) is 32.2 Å². The summed E-state index contributed by atoms with van der Waals surface area (Å²) in [7, 11) is 6.70. The lowest BCUT2D eigenvalue weighted by atomic mass is 10.1. The Morgan fingerprint density at radius 2 is 1.20 bits per heavy atom. The maximum absolute atomic E-state index is 2.40. The summed E-state index contributed by atoms with van der Waals surface area (Å²) in [5.74, 6) is 0. The molecule has 1 nitrogen and oxygen atoms in total. The summed E-state index contributed by atoms with van der Waals surface area (Å²) >= 11 is 0. The first kappa shape index (κ1) is 21.5. The molecule has 0 aliphatic heterocycles. The van der Waals surface area contributed by atoms with E-state index in [2.05, 4.69) is 67.1 Å². The van der Waals surface area contributed by atoms with Crippen LogP contribution in [0.1, 0.15) is 60.8 Å². The lowest BCUT2D eigenvalue weighted by Crippen LogP contribution is -2.34. The molecule has 0 N–H and O–H groups in total. The van der Waals surface area contributed by atoms with Gasteiger partial charge in [0, 0.05) is 0 Å². The van der Waals surface area contributed by atoms with E-state index >= 15 is 0 Å². The smallest absolute Gasteiger partial charge is 0.0970 e. The molecule has 0 heterocycles. The Kier molecular flexibility index (Phi) is 11.7. The number of likely N-dealkylation sites (N-methyl/N-ethyl adjacent to an activating group) is 1. The molecule has 0 unspecified atom stereocenters. The zero-order valence-corrected chi connectivity index (χ0v) is 14.2. The van der Waals surface area contributed by atoms with E-state index in [1.54, 1.807) is 0 Å². The summed E-state index contributed by atoms with van der Waals surface area (Å²) in [4.78, 5) is 0. The van der Waals surface area contributed by atoms with Crippen LogP contribution < -0.4 is 0 Å². The number of hydrogen-bond acceptors (Lipinski definition) is 0. The third kappa shape index (κ3) is 15.2. The Labute approximate surface area is 128 Å². The van der Waals surface area contributed by atoms with E-state index in [0.29, 0.717) is 0 Å². The molecule has 0 aromatic heterocycles. The van der Waals surface area contributed by atoms with Crippen molar-refractivity contribution < 1.29 is 4.48 Å². The van der Waals surface area contributed by atoms with Gasteiger partial charge in [0.15, 0.2) is 0 Å². The molecule has 0 amide bonds. The van der Waals surface area contributed by atoms with Crippen molar-refractivity contribution in [1.29, 1.82) is 0 Å². The second-order valence-corrected chi connectivity index (χ2v) is 6.93. The van der Waals surface area contributed by atoms with E-state index in [1.165, 1.54) is 42.4 Å². The molecular weight excluding hydrogens is 242 g/mol. The molecule has 0 aromatic carbocycles. The van der Waals surface area contributed by atoms with Gasteiger partial charge in [0.25, 0.3) is 0 Å². The van der Waals surface area contributed by atoms with Crippen LogP contribution in [-0.2, 0) is 0 Å². The zero-order valence-electron chi connectivity index (χ0n) is 14.2. The molecule has 0 aliphatic carbocycles. The highest BCUT2D eigenvalue weighted by atomic mass is 15.3. The topological polar surface area (TPSA) is 0 Å². The van der Waals surface area contributed by atoms with Gasteiger partial charge in [-0.3, -0.25) is 0 Å². The first-order valence-electron chi connectivity index (χ1n) is 7.46. The van der Waals surface area contributed by atoms with Gasteiger partial charge in [0.1, 0.15) is 0 Å². The molecule has 20 heavy (non-hydrogen) atoms. The highest BCUT2D eigenvalue weighted by Gasteiger charge is 2.03. The number of rotatable bonds is 8. The standard InChI is InChI=1S/C18H34N.CH4/c1-16(2)10-8-11-17(3)12-9-13-18(4)14-15-19(5,6)7;/h10,12,14H,8-9,11,13,15H2,1-7H3;1H4/q+1;/b17-12+,18-14+;. The normalized spacial score (nSPS) is 12.9. The molecule has 118 valence electrons. The third-order valence-electron chi connectivity index (χ3n) is 3.11. The van der Waals surface area contributed by atoms with Crippen molar-refractivity contribution in [3.8, 4) is 0 Å². The molecule has 0 aromatic rings. The van der Waals surface area contributed by atoms with Crippen molar-refractivity contribution in [2.24, 2.45) is 0 Å². The molecule has 0 saturated carbocycles. The summed E-state index contributed by atoms with van der Waals surface area (Å²) in [5, 5.41) is 0. The molecule has 0 rings (SSSR count). The van der Waals surface area contributed by atoms with Gasteiger partial charge in [-0.05, 0) is 59.5 Å². The predicted molar refractivity (Wildman–Crippen MR) is 95.0 cm³/mol. The number of nitrogens with zero attached hydrogens (tertiary/aromatic N) is 1. The number of hydrogen-bond donors (Lipinski definition) is 0. The average molecular weight is 281 g/mol. The maximum atomic E-state index is 2.40. The van der Waals surface area contributed by atoms with Crippen molar-refractivity contribution in [2.45, 2.75) is 60.8 Å². The van der Waals surface area contributed by atoms with Crippen LogP contribution in [0.3, 0.4) is 0 Å². The van der Waals surface area contributed by atoms with Crippen LogP contribution in [0, 0.1) is 0 Å². The fourth-order valence-electron chi connectivity index (χ4n) is 1.77. The van der Waals surface area contributed by atoms with Gasteiger partial charge in [-0.1, -0.05) is 36.3 Å². The van der Waals surface area contributed by atoms with Crippen molar-refractivity contribution in [1.82, 2.24) is 0 Å². The molecule has 1 heteroatoms. The highest BCUT2D eigenvalue weighted by Crippen LogP contribution is 2.11. The monoisotopic (exact) mass is 280 g/mol. The first-order valence-corrected chi connectivity index (χ1v) is 7.46. The van der Waals surface area contributed by atoms with Gasteiger partial charge in [0.2, 0.25) is 0 Å². The van der Waals surface area contributed by atoms with Gasteiger partial charge in [-0.2, -0.15) is 0 Å². The lowest BCUT2D eigenvalue weighted by molar-refractivity contribution is -0.864. The van der Waals surface area contributed by atoms with Crippen molar-refractivity contribution in [3.63, 3.8) is 0 Å². The fraction of sp³-hybridized carbons (Fsp3) is 0.684. The van der Waals surface area contributed by atoms with Gasteiger partial charge < -0.3 is 4.48 Å². The van der Waals surface area contributed by atoms with Gasteiger partial charge in [-0.25, -0.2) is 0 Å². The second kappa shape index (κ2) is 10.9. The molecule has 0 aliphatic rings. The van der Waals surface area contributed by atoms with Crippen molar-refractivity contribution in [2.75, 3.05) is 27.7 Å². The SMILES string of the molecule is C.CC(C)=CCC/C(C)=C/CC/C(C)=C/C[N+](C)(C)C. The Hall–Kier alpha value is -0.820. The van der Waals surface area contributed by atoms with E-state index in [1.807, 2.05) is 0 Å². The summed E-state index contributed by atoms with van der Waals surface area (Å²) in [5.41, 5.74) is 4.46. The number of allylic oxidation sites excluding steroid dienone is 5. The molecule has 0 spiro atoms. The van der Waals surface area contributed by atoms with Crippen LogP contribution in [0.5, 0.6) is 0 Å². The highest BCUT2D eigenvalue weighted by molar-refractivity contribution is 5.05. The van der Waals surface area contributed by atoms with Crippen LogP contribution in [0.2, 0.25) is 0 Å². The Bertz CT molecular complexity index is 333. The average Bonchev–Trinajstić information content (AvgIpc) is 2.25. The second-order valence-electron chi connectivity index (χ2n) is 6.93. The lowest BCUT2D eigenvalue weighted by Gasteiger charge is -2.22. The Balaban J connectivity index is 0. The van der Waals surface area contributed by atoms with E-state index in [0.717, 1.165) is 11.0 Å². The summed E-state index contributed by atoms with van der Waals surface area (Å²) in [6.45, 7) is 9.96. The third-order valence-corrected chi connectivity index (χ3v) is 3.11. The van der Waals surface area contributed by atoms with E-state index in [-0.39, 0.29) is 7.43 Å². The van der Waals surface area contributed by atoms with Crippen molar-refractivity contribution in [3.05, 3.63) is 34.9 Å². The van der Waals surface area contributed by atoms with Crippen LogP contribution in [0.4, 0.5) is 0 Å². The fourth-order valence-corrected chi connectivity index (χ4v) is 1.77. The molecular formula is C19H38N+. The van der Waals surface area contributed by atoms with Gasteiger partial charge >= 0.3 is 0 Å². The summed E-state index contributed by atoms with van der Waals surface area (Å²) in [6, 6.07) is 0.